The van der Waals surface area contributed by atoms with Gasteiger partial charge in [0.2, 0.25) is 0 Å². The summed E-state index contributed by atoms with van der Waals surface area (Å²) in [4.78, 5) is 12.6. The molecule has 160 valence electrons. The summed E-state index contributed by atoms with van der Waals surface area (Å²) in [5.74, 6) is 0.142. The highest BCUT2D eigenvalue weighted by molar-refractivity contribution is 14.1. The molecule has 0 aromatic heterocycles. The summed E-state index contributed by atoms with van der Waals surface area (Å²) in [6.07, 6.45) is 1.47. The van der Waals surface area contributed by atoms with E-state index in [-0.39, 0.29) is 4.90 Å². The molecule has 1 N–H and O–H groups in total. The van der Waals surface area contributed by atoms with Gasteiger partial charge in [-0.1, -0.05) is 18.2 Å². The van der Waals surface area contributed by atoms with Crippen LogP contribution < -0.4 is 14.5 Å². The summed E-state index contributed by atoms with van der Waals surface area (Å²) in [5.41, 5.74) is 3.53. The SMILES string of the molecule is COc1ccc(/C=N\NC(=O)CN(c2ccc(I)cc2)S(=O)(=O)c2ccccc2)cc1. The number of halogens is 1. The third-order valence-electron chi connectivity index (χ3n) is 4.25. The third-order valence-corrected chi connectivity index (χ3v) is 6.76. The van der Waals surface area contributed by atoms with E-state index in [0.717, 1.165) is 13.4 Å². The molecule has 0 aliphatic carbocycles. The molecule has 0 aliphatic heterocycles. The number of benzene rings is 3. The lowest BCUT2D eigenvalue weighted by Gasteiger charge is -2.23. The van der Waals surface area contributed by atoms with Crippen molar-refractivity contribution in [1.29, 1.82) is 0 Å². The first-order valence-corrected chi connectivity index (χ1v) is 11.7. The molecule has 0 atom stereocenters. The first-order chi connectivity index (χ1) is 14.9. The molecule has 0 bridgehead atoms. The zero-order chi connectivity index (χ0) is 22.3. The van der Waals surface area contributed by atoms with E-state index in [9.17, 15) is 13.2 Å². The molecule has 31 heavy (non-hydrogen) atoms. The third kappa shape index (κ3) is 6.05. The van der Waals surface area contributed by atoms with Crippen molar-refractivity contribution in [3.05, 3.63) is 88.0 Å². The number of rotatable bonds is 8. The molecule has 7 nitrogen and oxygen atoms in total. The summed E-state index contributed by atoms with van der Waals surface area (Å²) < 4.78 is 33.5. The first-order valence-electron chi connectivity index (χ1n) is 9.19. The topological polar surface area (TPSA) is 88.1 Å². The van der Waals surface area contributed by atoms with E-state index in [4.69, 9.17) is 4.74 Å². The predicted octanol–water partition coefficient (Wildman–Crippen LogP) is 3.65. The van der Waals surface area contributed by atoms with Crippen molar-refractivity contribution in [2.75, 3.05) is 18.0 Å². The Kier molecular flexibility index (Phi) is 7.64. The highest BCUT2D eigenvalue weighted by atomic mass is 127. The highest BCUT2D eigenvalue weighted by Gasteiger charge is 2.27. The maximum absolute atomic E-state index is 13.2. The lowest BCUT2D eigenvalue weighted by atomic mass is 10.2. The summed E-state index contributed by atoms with van der Waals surface area (Å²) in [7, 11) is -2.37. The van der Waals surface area contributed by atoms with E-state index >= 15 is 0 Å². The summed E-state index contributed by atoms with van der Waals surface area (Å²) in [5, 5.41) is 3.92. The lowest BCUT2D eigenvalue weighted by Crippen LogP contribution is -2.39. The van der Waals surface area contributed by atoms with Crippen LogP contribution in [0.4, 0.5) is 5.69 Å². The molecule has 3 aromatic carbocycles. The van der Waals surface area contributed by atoms with Crippen LogP contribution in [0.25, 0.3) is 0 Å². The number of amides is 1. The van der Waals surface area contributed by atoms with Crippen molar-refractivity contribution < 1.29 is 17.9 Å². The van der Waals surface area contributed by atoms with E-state index in [2.05, 4.69) is 33.1 Å². The Labute approximate surface area is 194 Å². The van der Waals surface area contributed by atoms with E-state index < -0.39 is 22.5 Å². The van der Waals surface area contributed by atoms with Gasteiger partial charge in [-0.3, -0.25) is 9.10 Å². The second-order valence-electron chi connectivity index (χ2n) is 6.37. The standard InChI is InChI=1S/C22H20IN3O4S/c1-30-20-13-7-17(8-14-20)15-24-25-22(27)16-26(19-11-9-18(23)10-12-19)31(28,29)21-5-3-2-4-6-21/h2-15H,16H2,1H3,(H,25,27)/b24-15-. The average Bonchev–Trinajstić information content (AvgIpc) is 2.79. The Bertz CT molecular complexity index is 1150. The number of hydrazone groups is 1. The molecule has 0 unspecified atom stereocenters. The van der Waals surface area contributed by atoms with Crippen molar-refractivity contribution >= 4 is 50.4 Å². The number of carbonyl (C=O) groups excluding carboxylic acids is 1. The Morgan fingerprint density at radius 3 is 2.29 bits per heavy atom. The molecule has 0 saturated heterocycles. The number of ether oxygens (including phenoxy) is 1. The smallest absolute Gasteiger partial charge is 0.264 e. The van der Waals surface area contributed by atoms with Gasteiger partial charge in [0, 0.05) is 3.57 Å². The number of sulfonamides is 1. The van der Waals surface area contributed by atoms with Gasteiger partial charge in [0.25, 0.3) is 15.9 Å². The number of nitrogens with zero attached hydrogens (tertiary/aromatic N) is 2. The van der Waals surface area contributed by atoms with Gasteiger partial charge in [0.1, 0.15) is 12.3 Å². The van der Waals surface area contributed by atoms with E-state index in [1.165, 1.54) is 18.3 Å². The molecule has 3 aromatic rings. The molecule has 9 heteroatoms. The fourth-order valence-corrected chi connectivity index (χ4v) is 4.48. The minimum absolute atomic E-state index is 0.100. The van der Waals surface area contributed by atoms with Crippen LogP contribution in [-0.2, 0) is 14.8 Å². The largest absolute Gasteiger partial charge is 0.497 e. The quantitative estimate of drug-likeness (QED) is 0.264. The van der Waals surface area contributed by atoms with Crippen molar-refractivity contribution in [1.82, 2.24) is 5.43 Å². The van der Waals surface area contributed by atoms with E-state index in [0.29, 0.717) is 11.4 Å². The maximum atomic E-state index is 13.2. The molecule has 0 fully saturated rings. The van der Waals surface area contributed by atoms with Gasteiger partial charge in [-0.15, -0.1) is 0 Å². The fraction of sp³-hybridized carbons (Fsp3) is 0.0909. The van der Waals surface area contributed by atoms with E-state index in [1.807, 2.05) is 0 Å². The van der Waals surface area contributed by atoms with Crippen LogP contribution >= 0.6 is 22.6 Å². The van der Waals surface area contributed by atoms with Gasteiger partial charge in [-0.25, -0.2) is 13.8 Å². The van der Waals surface area contributed by atoms with Gasteiger partial charge >= 0.3 is 0 Å². The number of hydrogen-bond donors (Lipinski definition) is 1. The fourth-order valence-electron chi connectivity index (χ4n) is 2.68. The van der Waals surface area contributed by atoms with Gasteiger partial charge in [-0.05, 0) is 88.8 Å². The average molecular weight is 549 g/mol. The van der Waals surface area contributed by atoms with Crippen molar-refractivity contribution in [2.45, 2.75) is 4.90 Å². The van der Waals surface area contributed by atoms with Crippen LogP contribution in [0, 0.1) is 3.57 Å². The molecule has 0 saturated carbocycles. The normalized spacial score (nSPS) is 11.3. The number of hydrogen-bond acceptors (Lipinski definition) is 5. The predicted molar refractivity (Wildman–Crippen MR) is 129 cm³/mol. The molecule has 3 rings (SSSR count). The molecule has 0 heterocycles. The highest BCUT2D eigenvalue weighted by Crippen LogP contribution is 2.24. The van der Waals surface area contributed by atoms with Crippen LogP contribution in [0.15, 0.2) is 88.9 Å². The van der Waals surface area contributed by atoms with Crippen LogP contribution in [0.2, 0.25) is 0 Å². The van der Waals surface area contributed by atoms with Crippen molar-refractivity contribution in [3.63, 3.8) is 0 Å². The second kappa shape index (κ2) is 10.4. The number of carbonyl (C=O) groups is 1. The van der Waals surface area contributed by atoms with Crippen LogP contribution in [-0.4, -0.2) is 34.2 Å². The number of anilines is 1. The molecular formula is C22H20IN3O4S. The first kappa shape index (κ1) is 22.8. The molecule has 0 spiro atoms. The van der Waals surface area contributed by atoms with Gasteiger partial charge in [-0.2, -0.15) is 5.10 Å². The van der Waals surface area contributed by atoms with Crippen LogP contribution in [0.3, 0.4) is 0 Å². The Morgan fingerprint density at radius 2 is 1.68 bits per heavy atom. The summed E-state index contributed by atoms with van der Waals surface area (Å²) in [6, 6.07) is 22.0. The summed E-state index contributed by atoms with van der Waals surface area (Å²) in [6.45, 7) is -0.419. The molecule has 0 radical (unpaired) electrons. The monoisotopic (exact) mass is 549 g/mol. The van der Waals surface area contributed by atoms with Crippen molar-refractivity contribution in [3.8, 4) is 5.75 Å². The zero-order valence-electron chi connectivity index (χ0n) is 16.6. The maximum Gasteiger partial charge on any atom is 0.264 e. The minimum Gasteiger partial charge on any atom is -0.497 e. The lowest BCUT2D eigenvalue weighted by molar-refractivity contribution is -0.119. The minimum atomic E-state index is -3.94. The Hall–Kier alpha value is -2.92. The summed E-state index contributed by atoms with van der Waals surface area (Å²) >= 11 is 2.13. The van der Waals surface area contributed by atoms with Gasteiger partial charge in [0.15, 0.2) is 0 Å². The zero-order valence-corrected chi connectivity index (χ0v) is 19.6. The Balaban J connectivity index is 1.78. The molecule has 1 amide bonds. The second-order valence-corrected chi connectivity index (χ2v) is 9.48. The number of methoxy groups -OCH3 is 1. The van der Waals surface area contributed by atoms with Crippen LogP contribution in [0.1, 0.15) is 5.56 Å². The Morgan fingerprint density at radius 1 is 1.03 bits per heavy atom. The van der Waals surface area contributed by atoms with E-state index in [1.54, 1.807) is 73.8 Å². The van der Waals surface area contributed by atoms with Gasteiger partial charge in [0.05, 0.1) is 23.9 Å². The molecular weight excluding hydrogens is 529 g/mol. The van der Waals surface area contributed by atoms with Gasteiger partial charge < -0.3 is 4.74 Å². The van der Waals surface area contributed by atoms with Crippen LogP contribution in [0.5, 0.6) is 5.75 Å². The van der Waals surface area contributed by atoms with Crippen molar-refractivity contribution in [2.24, 2.45) is 5.10 Å². The molecule has 0 aliphatic rings. The number of nitrogens with one attached hydrogen (secondary N) is 1.